The number of nitrogens with two attached hydrogens (primary N) is 2. The van der Waals surface area contributed by atoms with Crippen molar-refractivity contribution in [2.45, 2.75) is 9.79 Å². The van der Waals surface area contributed by atoms with Crippen LogP contribution in [0.1, 0.15) is 0 Å². The van der Waals surface area contributed by atoms with Crippen LogP contribution in [-0.2, 0) is 0 Å². The molecule has 4 N–H and O–H groups in total. The second kappa shape index (κ2) is 8.46. The molecule has 0 radical (unpaired) electrons. The summed E-state index contributed by atoms with van der Waals surface area (Å²) in [5, 5.41) is 0. The minimum Gasteiger partial charge on any atom is -0.397 e. The van der Waals surface area contributed by atoms with Crippen LogP contribution in [0, 0.1) is 0 Å². The molecule has 0 bridgehead atoms. The number of anilines is 2. The Morgan fingerprint density at radius 3 is 1.21 bits per heavy atom. The monoisotopic (exact) mass is 400 g/mol. The number of benzene rings is 4. The minimum absolute atomic E-state index is 0.795. The molecule has 0 spiro atoms. The van der Waals surface area contributed by atoms with Gasteiger partial charge in [-0.05, 0) is 23.3 Å². The highest BCUT2D eigenvalue weighted by molar-refractivity contribution is 8.76. The van der Waals surface area contributed by atoms with Gasteiger partial charge in [-0.1, -0.05) is 107 Å². The van der Waals surface area contributed by atoms with Gasteiger partial charge in [0.1, 0.15) is 0 Å². The van der Waals surface area contributed by atoms with Crippen LogP contribution in [0.25, 0.3) is 22.3 Å². The zero-order valence-electron chi connectivity index (χ0n) is 15.2. The van der Waals surface area contributed by atoms with E-state index in [0.717, 1.165) is 43.4 Å². The fourth-order valence-corrected chi connectivity index (χ4v) is 5.32. The molecule has 4 heteroatoms. The van der Waals surface area contributed by atoms with Gasteiger partial charge in [-0.3, -0.25) is 0 Å². The normalized spacial score (nSPS) is 10.7. The Labute approximate surface area is 173 Å². The Morgan fingerprint density at radius 1 is 0.429 bits per heavy atom. The molecule has 0 saturated carbocycles. The van der Waals surface area contributed by atoms with Gasteiger partial charge in [0.25, 0.3) is 0 Å². The van der Waals surface area contributed by atoms with Crippen LogP contribution in [0.15, 0.2) is 107 Å². The molecular weight excluding hydrogens is 380 g/mol. The van der Waals surface area contributed by atoms with Crippen molar-refractivity contribution >= 4 is 33.0 Å². The summed E-state index contributed by atoms with van der Waals surface area (Å²) in [5.74, 6) is 0. The molecule has 2 nitrogen and oxygen atoms in total. The van der Waals surface area contributed by atoms with Gasteiger partial charge in [-0.15, -0.1) is 0 Å². The van der Waals surface area contributed by atoms with Crippen molar-refractivity contribution in [3.05, 3.63) is 97.1 Å². The van der Waals surface area contributed by atoms with E-state index in [0.29, 0.717) is 0 Å². The Morgan fingerprint density at radius 2 is 0.821 bits per heavy atom. The summed E-state index contributed by atoms with van der Waals surface area (Å²) < 4.78 is 0. The number of para-hydroxylation sites is 2. The van der Waals surface area contributed by atoms with Crippen LogP contribution < -0.4 is 11.5 Å². The first-order valence-electron chi connectivity index (χ1n) is 8.96. The van der Waals surface area contributed by atoms with Gasteiger partial charge in [-0.2, -0.15) is 0 Å². The van der Waals surface area contributed by atoms with Crippen LogP contribution >= 0.6 is 21.6 Å². The lowest BCUT2D eigenvalue weighted by Gasteiger charge is -2.13. The molecule has 0 heterocycles. The second-order valence-electron chi connectivity index (χ2n) is 6.33. The van der Waals surface area contributed by atoms with E-state index in [1.165, 1.54) is 0 Å². The molecule has 0 saturated heterocycles. The van der Waals surface area contributed by atoms with Crippen molar-refractivity contribution in [2.75, 3.05) is 11.5 Å². The van der Waals surface area contributed by atoms with E-state index in [9.17, 15) is 0 Å². The fourth-order valence-electron chi connectivity index (χ4n) is 3.06. The maximum absolute atomic E-state index is 6.47. The Kier molecular flexibility index (Phi) is 5.60. The lowest BCUT2D eigenvalue weighted by Crippen LogP contribution is -1.93. The first kappa shape index (κ1) is 18.5. The Balaban J connectivity index is 1.59. The Hall–Kier alpha value is -2.82. The lowest BCUT2D eigenvalue weighted by molar-refractivity contribution is 1.45. The molecule has 0 unspecified atom stereocenters. The standard InChI is InChI=1S/C24H20N2S2/c25-23-19(17-9-3-1-4-10-17)13-7-15-21(23)27-28-22-16-8-14-20(24(22)26)18-11-5-2-6-12-18/h1-16H,25-26H2. The van der Waals surface area contributed by atoms with Gasteiger partial charge in [-0.25, -0.2) is 0 Å². The number of hydrogen-bond acceptors (Lipinski definition) is 4. The number of hydrogen-bond donors (Lipinski definition) is 2. The summed E-state index contributed by atoms with van der Waals surface area (Å²) in [6.45, 7) is 0. The summed E-state index contributed by atoms with van der Waals surface area (Å²) >= 11 is 0. The second-order valence-corrected chi connectivity index (χ2v) is 8.55. The van der Waals surface area contributed by atoms with E-state index in [1.807, 2.05) is 48.5 Å². The van der Waals surface area contributed by atoms with Gasteiger partial charge in [0, 0.05) is 20.9 Å². The maximum atomic E-state index is 6.47. The van der Waals surface area contributed by atoms with Gasteiger partial charge >= 0.3 is 0 Å². The first-order chi connectivity index (χ1) is 13.7. The van der Waals surface area contributed by atoms with E-state index < -0.39 is 0 Å². The van der Waals surface area contributed by atoms with Crippen LogP contribution in [0.4, 0.5) is 11.4 Å². The molecule has 0 aliphatic rings. The highest BCUT2D eigenvalue weighted by Gasteiger charge is 2.11. The molecule has 0 atom stereocenters. The van der Waals surface area contributed by atoms with E-state index in [1.54, 1.807) is 21.6 Å². The van der Waals surface area contributed by atoms with Gasteiger partial charge in [0.15, 0.2) is 0 Å². The maximum Gasteiger partial charge on any atom is 0.0540 e. The van der Waals surface area contributed by atoms with E-state index in [2.05, 4.69) is 48.5 Å². The number of nitrogen functional groups attached to an aromatic ring is 2. The Bertz CT molecular complexity index is 991. The van der Waals surface area contributed by atoms with E-state index >= 15 is 0 Å². The third-order valence-electron chi connectivity index (χ3n) is 4.52. The molecule has 0 fully saturated rings. The summed E-state index contributed by atoms with van der Waals surface area (Å²) in [6, 6.07) is 32.8. The lowest BCUT2D eigenvalue weighted by atomic mass is 10.0. The first-order valence-corrected chi connectivity index (χ1v) is 11.1. The average molecular weight is 401 g/mol. The van der Waals surface area contributed by atoms with Crippen LogP contribution in [0.3, 0.4) is 0 Å². The van der Waals surface area contributed by atoms with Crippen LogP contribution in [-0.4, -0.2) is 0 Å². The molecule has 4 aromatic carbocycles. The minimum atomic E-state index is 0.795. The predicted octanol–water partition coefficient (Wildman–Crippen LogP) is 6.98. The van der Waals surface area contributed by atoms with Gasteiger partial charge < -0.3 is 11.5 Å². The molecule has 28 heavy (non-hydrogen) atoms. The quantitative estimate of drug-likeness (QED) is 0.280. The molecule has 0 aliphatic heterocycles. The summed E-state index contributed by atoms with van der Waals surface area (Å²) in [7, 11) is 3.28. The van der Waals surface area contributed by atoms with Crippen LogP contribution in [0.5, 0.6) is 0 Å². The highest BCUT2D eigenvalue weighted by atomic mass is 33.1. The molecular formula is C24H20N2S2. The molecule has 4 aromatic rings. The zero-order chi connectivity index (χ0) is 19.3. The number of rotatable bonds is 5. The highest BCUT2D eigenvalue weighted by Crippen LogP contribution is 2.46. The topological polar surface area (TPSA) is 52.0 Å². The van der Waals surface area contributed by atoms with Gasteiger partial charge in [0.2, 0.25) is 0 Å². The summed E-state index contributed by atoms with van der Waals surface area (Å²) in [5.41, 5.74) is 18.9. The zero-order valence-corrected chi connectivity index (χ0v) is 16.8. The SMILES string of the molecule is Nc1c(SSc2cccc(-c3ccccc3)c2N)cccc1-c1ccccc1. The largest absolute Gasteiger partial charge is 0.397 e. The molecule has 0 aliphatic carbocycles. The molecule has 4 rings (SSSR count). The third-order valence-corrected chi connectivity index (χ3v) is 7.00. The van der Waals surface area contributed by atoms with Gasteiger partial charge in [0.05, 0.1) is 11.4 Å². The van der Waals surface area contributed by atoms with Crippen molar-refractivity contribution in [3.63, 3.8) is 0 Å². The van der Waals surface area contributed by atoms with Crippen molar-refractivity contribution in [2.24, 2.45) is 0 Å². The van der Waals surface area contributed by atoms with Crippen molar-refractivity contribution < 1.29 is 0 Å². The van der Waals surface area contributed by atoms with E-state index in [-0.39, 0.29) is 0 Å². The van der Waals surface area contributed by atoms with Crippen molar-refractivity contribution in [1.29, 1.82) is 0 Å². The predicted molar refractivity (Wildman–Crippen MR) is 124 cm³/mol. The smallest absolute Gasteiger partial charge is 0.0540 e. The molecule has 138 valence electrons. The van der Waals surface area contributed by atoms with Crippen molar-refractivity contribution in [3.8, 4) is 22.3 Å². The molecule has 0 amide bonds. The van der Waals surface area contributed by atoms with E-state index in [4.69, 9.17) is 11.5 Å². The summed E-state index contributed by atoms with van der Waals surface area (Å²) in [4.78, 5) is 2.08. The third kappa shape index (κ3) is 3.88. The van der Waals surface area contributed by atoms with Crippen molar-refractivity contribution in [1.82, 2.24) is 0 Å². The molecule has 0 aromatic heterocycles. The fraction of sp³-hybridized carbons (Fsp3) is 0. The van der Waals surface area contributed by atoms with Crippen LogP contribution in [0.2, 0.25) is 0 Å². The summed E-state index contributed by atoms with van der Waals surface area (Å²) in [6.07, 6.45) is 0. The average Bonchev–Trinajstić information content (AvgIpc) is 2.75.